The van der Waals surface area contributed by atoms with Crippen molar-refractivity contribution in [3.63, 3.8) is 0 Å². The number of benzene rings is 1. The van der Waals surface area contributed by atoms with Gasteiger partial charge in [0.2, 0.25) is 0 Å². The van der Waals surface area contributed by atoms with Crippen LogP contribution in [0.25, 0.3) is 0 Å². The van der Waals surface area contributed by atoms with Crippen LogP contribution in [0.15, 0.2) is 18.2 Å². The minimum absolute atomic E-state index is 0.101. The lowest BCUT2D eigenvalue weighted by Crippen LogP contribution is -2.26. The lowest BCUT2D eigenvalue weighted by molar-refractivity contribution is 0.516. The van der Waals surface area contributed by atoms with Crippen molar-refractivity contribution in [3.8, 4) is 0 Å². The molecule has 1 aliphatic rings. The molecule has 0 saturated heterocycles. The molecule has 2 unspecified atom stereocenters. The quantitative estimate of drug-likeness (QED) is 0.837. The van der Waals surface area contributed by atoms with Crippen LogP contribution >= 0.6 is 0 Å². The highest BCUT2D eigenvalue weighted by Gasteiger charge is 2.26. The van der Waals surface area contributed by atoms with Crippen molar-refractivity contribution < 1.29 is 4.39 Å². The standard InChI is InChI=1S/C15H22FN/c1-3-8-17-14-7-5-12(9-14)15-10-13(16)6-4-11(15)2/h4,6,10,12,14,17H,3,5,7-9H2,1-2H3. The minimum atomic E-state index is -0.101. The monoisotopic (exact) mass is 235 g/mol. The normalized spacial score (nSPS) is 24.2. The van der Waals surface area contributed by atoms with Gasteiger partial charge in [0.05, 0.1) is 0 Å². The van der Waals surface area contributed by atoms with Crippen LogP contribution in [0.1, 0.15) is 49.7 Å². The van der Waals surface area contributed by atoms with E-state index in [2.05, 4.69) is 19.2 Å². The van der Waals surface area contributed by atoms with Gasteiger partial charge in [0.15, 0.2) is 0 Å². The van der Waals surface area contributed by atoms with E-state index in [0.717, 1.165) is 13.0 Å². The van der Waals surface area contributed by atoms with Crippen molar-refractivity contribution in [2.24, 2.45) is 0 Å². The number of halogens is 1. The van der Waals surface area contributed by atoms with Crippen molar-refractivity contribution in [1.82, 2.24) is 5.32 Å². The van der Waals surface area contributed by atoms with Crippen molar-refractivity contribution in [1.29, 1.82) is 0 Å². The van der Waals surface area contributed by atoms with Gasteiger partial charge < -0.3 is 5.32 Å². The van der Waals surface area contributed by atoms with Gasteiger partial charge in [0, 0.05) is 6.04 Å². The predicted octanol–water partition coefficient (Wildman–Crippen LogP) is 3.77. The van der Waals surface area contributed by atoms with E-state index < -0.39 is 0 Å². The number of hydrogen-bond donors (Lipinski definition) is 1. The second kappa shape index (κ2) is 5.63. The molecule has 0 aromatic heterocycles. The fourth-order valence-corrected chi connectivity index (χ4v) is 2.85. The molecule has 1 N–H and O–H groups in total. The smallest absolute Gasteiger partial charge is 0.123 e. The largest absolute Gasteiger partial charge is 0.314 e. The highest BCUT2D eigenvalue weighted by molar-refractivity contribution is 5.30. The Balaban J connectivity index is 2.02. The van der Waals surface area contributed by atoms with Crippen molar-refractivity contribution in [2.75, 3.05) is 6.54 Å². The van der Waals surface area contributed by atoms with Crippen LogP contribution < -0.4 is 5.32 Å². The summed E-state index contributed by atoms with van der Waals surface area (Å²) in [7, 11) is 0. The molecule has 1 nitrogen and oxygen atoms in total. The SMILES string of the molecule is CCCNC1CCC(c2cc(F)ccc2C)C1. The van der Waals surface area contributed by atoms with E-state index >= 15 is 0 Å². The summed E-state index contributed by atoms with van der Waals surface area (Å²) in [6.07, 6.45) is 4.75. The van der Waals surface area contributed by atoms with Crippen LogP contribution in [0.4, 0.5) is 4.39 Å². The highest BCUT2D eigenvalue weighted by atomic mass is 19.1. The van der Waals surface area contributed by atoms with Gasteiger partial charge in [-0.3, -0.25) is 0 Å². The highest BCUT2D eigenvalue weighted by Crippen LogP contribution is 2.36. The first-order valence-corrected chi connectivity index (χ1v) is 6.70. The Morgan fingerprint density at radius 3 is 2.94 bits per heavy atom. The topological polar surface area (TPSA) is 12.0 Å². The fraction of sp³-hybridized carbons (Fsp3) is 0.600. The van der Waals surface area contributed by atoms with Gasteiger partial charge in [-0.15, -0.1) is 0 Å². The Morgan fingerprint density at radius 2 is 2.18 bits per heavy atom. The first-order chi connectivity index (χ1) is 8.20. The van der Waals surface area contributed by atoms with Gasteiger partial charge in [0.1, 0.15) is 5.82 Å². The molecule has 0 heterocycles. The van der Waals surface area contributed by atoms with E-state index in [1.54, 1.807) is 12.1 Å². The third-order valence-corrected chi connectivity index (χ3v) is 3.80. The van der Waals surface area contributed by atoms with E-state index in [1.807, 2.05) is 6.07 Å². The zero-order chi connectivity index (χ0) is 12.3. The van der Waals surface area contributed by atoms with Crippen LogP contribution in [0.2, 0.25) is 0 Å². The van der Waals surface area contributed by atoms with Gasteiger partial charge in [-0.25, -0.2) is 4.39 Å². The van der Waals surface area contributed by atoms with E-state index in [1.165, 1.54) is 30.4 Å². The summed E-state index contributed by atoms with van der Waals surface area (Å²) >= 11 is 0. The molecule has 17 heavy (non-hydrogen) atoms. The van der Waals surface area contributed by atoms with Crippen LogP contribution in [0, 0.1) is 12.7 Å². The Kier molecular flexibility index (Phi) is 4.16. The summed E-state index contributed by atoms with van der Waals surface area (Å²) in [5, 5.41) is 3.57. The molecule has 1 aromatic carbocycles. The third kappa shape index (κ3) is 3.06. The second-order valence-corrected chi connectivity index (χ2v) is 5.16. The zero-order valence-corrected chi connectivity index (χ0v) is 10.8. The van der Waals surface area contributed by atoms with E-state index in [9.17, 15) is 4.39 Å². The molecule has 2 atom stereocenters. The minimum Gasteiger partial charge on any atom is -0.314 e. The van der Waals surface area contributed by atoms with Crippen LogP contribution in [-0.2, 0) is 0 Å². The summed E-state index contributed by atoms with van der Waals surface area (Å²) in [5.74, 6) is 0.440. The Hall–Kier alpha value is -0.890. The van der Waals surface area contributed by atoms with Crippen molar-refractivity contribution in [2.45, 2.75) is 51.5 Å². The molecule has 1 fully saturated rings. The Labute approximate surface area is 103 Å². The van der Waals surface area contributed by atoms with Crippen LogP contribution in [0.3, 0.4) is 0 Å². The Morgan fingerprint density at radius 1 is 1.35 bits per heavy atom. The molecule has 0 aliphatic heterocycles. The zero-order valence-electron chi connectivity index (χ0n) is 10.8. The molecule has 94 valence electrons. The molecule has 0 amide bonds. The van der Waals surface area contributed by atoms with Crippen LogP contribution in [0.5, 0.6) is 0 Å². The summed E-state index contributed by atoms with van der Waals surface area (Å²) < 4.78 is 13.3. The number of hydrogen-bond acceptors (Lipinski definition) is 1. The average Bonchev–Trinajstić information content (AvgIpc) is 2.78. The maximum atomic E-state index is 13.3. The summed E-state index contributed by atoms with van der Waals surface area (Å²) in [6, 6.07) is 5.81. The molecule has 1 aliphatic carbocycles. The fourth-order valence-electron chi connectivity index (χ4n) is 2.85. The summed E-state index contributed by atoms with van der Waals surface area (Å²) in [6.45, 7) is 5.37. The average molecular weight is 235 g/mol. The lowest BCUT2D eigenvalue weighted by Gasteiger charge is -2.15. The van der Waals surface area contributed by atoms with Gasteiger partial charge in [-0.1, -0.05) is 13.0 Å². The van der Waals surface area contributed by atoms with Gasteiger partial charge in [-0.2, -0.15) is 0 Å². The number of nitrogens with one attached hydrogen (secondary N) is 1. The van der Waals surface area contributed by atoms with Gasteiger partial charge in [0.25, 0.3) is 0 Å². The van der Waals surface area contributed by atoms with E-state index in [0.29, 0.717) is 12.0 Å². The molecular formula is C15H22FN. The first-order valence-electron chi connectivity index (χ1n) is 6.70. The predicted molar refractivity (Wildman–Crippen MR) is 69.8 cm³/mol. The maximum Gasteiger partial charge on any atom is 0.123 e. The van der Waals surface area contributed by atoms with E-state index in [4.69, 9.17) is 0 Å². The van der Waals surface area contributed by atoms with Crippen LogP contribution in [-0.4, -0.2) is 12.6 Å². The molecule has 2 rings (SSSR count). The molecule has 0 bridgehead atoms. The van der Waals surface area contributed by atoms with Crippen molar-refractivity contribution in [3.05, 3.63) is 35.1 Å². The number of aryl methyl sites for hydroxylation is 1. The van der Waals surface area contributed by atoms with E-state index in [-0.39, 0.29) is 5.82 Å². The molecule has 0 spiro atoms. The second-order valence-electron chi connectivity index (χ2n) is 5.16. The molecular weight excluding hydrogens is 213 g/mol. The summed E-state index contributed by atoms with van der Waals surface area (Å²) in [4.78, 5) is 0. The van der Waals surface area contributed by atoms with Gasteiger partial charge >= 0.3 is 0 Å². The molecule has 1 aromatic rings. The molecule has 1 saturated carbocycles. The molecule has 0 radical (unpaired) electrons. The maximum absolute atomic E-state index is 13.3. The number of rotatable bonds is 4. The van der Waals surface area contributed by atoms with Gasteiger partial charge in [-0.05, 0) is 68.3 Å². The first kappa shape index (κ1) is 12.6. The third-order valence-electron chi connectivity index (χ3n) is 3.80. The summed E-state index contributed by atoms with van der Waals surface area (Å²) in [5.41, 5.74) is 2.44. The molecule has 2 heteroatoms. The van der Waals surface area contributed by atoms with Crippen molar-refractivity contribution >= 4 is 0 Å². The Bertz CT molecular complexity index is 375. The lowest BCUT2D eigenvalue weighted by atomic mass is 9.93.